The summed E-state index contributed by atoms with van der Waals surface area (Å²) < 4.78 is 27.1. The molecule has 0 aliphatic carbocycles. The molecular weight excluding hydrogens is 256 g/mol. The Morgan fingerprint density at radius 1 is 1.44 bits per heavy atom. The summed E-state index contributed by atoms with van der Waals surface area (Å²) in [5.41, 5.74) is -0.831. The van der Waals surface area contributed by atoms with Gasteiger partial charge in [-0.2, -0.15) is 0 Å². The average molecular weight is 280 g/mol. The van der Waals surface area contributed by atoms with Crippen LogP contribution in [0.5, 0.6) is 0 Å². The van der Waals surface area contributed by atoms with E-state index in [-0.39, 0.29) is 11.7 Å². The fourth-order valence-corrected chi connectivity index (χ4v) is 2.12. The van der Waals surface area contributed by atoms with E-state index >= 15 is 0 Å². The van der Waals surface area contributed by atoms with Crippen molar-refractivity contribution >= 4 is 15.8 Å². The van der Waals surface area contributed by atoms with Crippen LogP contribution >= 0.6 is 0 Å². The van der Waals surface area contributed by atoms with Crippen LogP contribution in [0.4, 0.5) is 0 Å². The molecule has 0 rings (SSSR count). The summed E-state index contributed by atoms with van der Waals surface area (Å²) in [6.07, 6.45) is 1.20. The van der Waals surface area contributed by atoms with Crippen molar-refractivity contribution in [3.05, 3.63) is 0 Å². The van der Waals surface area contributed by atoms with Crippen LogP contribution in [0.25, 0.3) is 0 Å². The van der Waals surface area contributed by atoms with Crippen molar-refractivity contribution in [1.82, 2.24) is 10.2 Å². The minimum Gasteiger partial charge on any atom is -0.465 e. The Labute approximate surface area is 110 Å². The number of esters is 1. The highest BCUT2D eigenvalue weighted by molar-refractivity contribution is 7.90. The molecule has 0 aromatic rings. The number of ether oxygens (including phenoxy) is 1. The maximum atomic E-state index is 11.8. The van der Waals surface area contributed by atoms with Gasteiger partial charge in [-0.15, -0.1) is 0 Å². The van der Waals surface area contributed by atoms with Gasteiger partial charge >= 0.3 is 5.97 Å². The zero-order valence-corrected chi connectivity index (χ0v) is 12.6. The van der Waals surface area contributed by atoms with Crippen molar-refractivity contribution in [2.45, 2.75) is 19.4 Å². The highest BCUT2D eigenvalue weighted by atomic mass is 32.2. The van der Waals surface area contributed by atoms with Gasteiger partial charge in [0.15, 0.2) is 0 Å². The second-order valence-electron chi connectivity index (χ2n) is 4.67. The van der Waals surface area contributed by atoms with Gasteiger partial charge in [0.05, 0.1) is 12.4 Å². The van der Waals surface area contributed by atoms with E-state index in [4.69, 9.17) is 4.74 Å². The molecule has 1 unspecified atom stereocenters. The van der Waals surface area contributed by atoms with Crippen LogP contribution in [0.3, 0.4) is 0 Å². The van der Waals surface area contributed by atoms with Gasteiger partial charge in [-0.05, 0) is 27.9 Å². The van der Waals surface area contributed by atoms with Crippen molar-refractivity contribution in [3.63, 3.8) is 0 Å². The number of carbonyl (C=O) groups excluding carboxylic acids is 1. The summed E-state index contributed by atoms with van der Waals surface area (Å²) in [5, 5.41) is 2.93. The molecule has 18 heavy (non-hydrogen) atoms. The van der Waals surface area contributed by atoms with Crippen molar-refractivity contribution in [2.75, 3.05) is 45.8 Å². The monoisotopic (exact) mass is 280 g/mol. The van der Waals surface area contributed by atoms with Gasteiger partial charge in [0.25, 0.3) is 0 Å². The lowest BCUT2D eigenvalue weighted by molar-refractivity contribution is -0.151. The summed E-state index contributed by atoms with van der Waals surface area (Å²) in [6.45, 7) is 4.58. The van der Waals surface area contributed by atoms with Gasteiger partial charge in [-0.25, -0.2) is 8.42 Å². The highest BCUT2D eigenvalue weighted by Crippen LogP contribution is 2.08. The van der Waals surface area contributed by atoms with E-state index in [9.17, 15) is 13.2 Å². The summed E-state index contributed by atoms with van der Waals surface area (Å²) in [5.74, 6) is -0.259. The maximum Gasteiger partial charge on any atom is 0.327 e. The summed E-state index contributed by atoms with van der Waals surface area (Å²) >= 11 is 0. The molecule has 0 bridgehead atoms. The molecule has 108 valence electrons. The Hall–Kier alpha value is -0.660. The van der Waals surface area contributed by atoms with Gasteiger partial charge in [0.1, 0.15) is 15.4 Å². The van der Waals surface area contributed by atoms with Crippen LogP contribution in [0, 0.1) is 0 Å². The van der Waals surface area contributed by atoms with Crippen LogP contribution in [0.1, 0.15) is 13.8 Å². The number of hydrogen-bond donors (Lipinski definition) is 1. The molecule has 0 saturated carbocycles. The first kappa shape index (κ1) is 17.3. The molecule has 0 aromatic carbocycles. The third-order valence-electron chi connectivity index (χ3n) is 2.71. The fourth-order valence-electron chi connectivity index (χ4n) is 1.48. The predicted octanol–water partition coefficient (Wildman–Crippen LogP) is -0.496. The molecule has 0 heterocycles. The second-order valence-corrected chi connectivity index (χ2v) is 6.93. The number of likely N-dealkylation sites (N-methyl/N-ethyl adjacent to an activating group) is 2. The van der Waals surface area contributed by atoms with E-state index in [1.165, 1.54) is 6.26 Å². The molecular formula is C11H24N2O4S. The Morgan fingerprint density at radius 3 is 2.39 bits per heavy atom. The van der Waals surface area contributed by atoms with Crippen LogP contribution < -0.4 is 5.32 Å². The molecule has 0 aromatic heterocycles. The number of nitrogens with zero attached hydrogens (tertiary/aromatic N) is 1. The lowest BCUT2D eigenvalue weighted by Gasteiger charge is -2.31. The van der Waals surface area contributed by atoms with Crippen molar-refractivity contribution in [2.24, 2.45) is 0 Å². The fraction of sp³-hybridized carbons (Fsp3) is 0.909. The zero-order valence-electron chi connectivity index (χ0n) is 11.8. The first-order valence-corrected chi connectivity index (χ1v) is 7.93. The predicted molar refractivity (Wildman–Crippen MR) is 71.3 cm³/mol. The zero-order chi connectivity index (χ0) is 14.4. The third kappa shape index (κ3) is 6.32. The van der Waals surface area contributed by atoms with Crippen LogP contribution in [-0.2, 0) is 19.4 Å². The Balaban J connectivity index is 4.47. The molecule has 0 spiro atoms. The number of rotatable bonds is 8. The number of nitrogens with one attached hydrogen (secondary N) is 1. The molecule has 0 amide bonds. The summed E-state index contributed by atoms with van der Waals surface area (Å²) in [7, 11) is 0.469. The number of carbonyl (C=O) groups is 1. The van der Waals surface area contributed by atoms with Gasteiger partial charge in [-0.3, -0.25) is 4.79 Å². The molecule has 0 aliphatic heterocycles. The average Bonchev–Trinajstić information content (AvgIpc) is 2.25. The summed E-state index contributed by atoms with van der Waals surface area (Å²) in [4.78, 5) is 13.6. The first-order chi connectivity index (χ1) is 8.14. The number of hydrogen-bond acceptors (Lipinski definition) is 6. The minimum absolute atomic E-state index is 0.0755. The topological polar surface area (TPSA) is 75.7 Å². The van der Waals surface area contributed by atoms with Crippen molar-refractivity contribution in [1.29, 1.82) is 0 Å². The normalized spacial score (nSPS) is 15.4. The third-order valence-corrected chi connectivity index (χ3v) is 3.63. The van der Waals surface area contributed by atoms with E-state index in [0.29, 0.717) is 19.7 Å². The standard InChI is InChI=1S/C11H24N2O4S/c1-6-17-10(14)11(2,12-3)9-13(4)7-8-18(5,15)16/h12H,6-9H2,1-5H3. The van der Waals surface area contributed by atoms with E-state index in [2.05, 4.69) is 5.32 Å². The molecule has 0 radical (unpaired) electrons. The van der Waals surface area contributed by atoms with Gasteiger partial charge < -0.3 is 15.0 Å². The smallest absolute Gasteiger partial charge is 0.327 e. The van der Waals surface area contributed by atoms with Crippen LogP contribution in [0.2, 0.25) is 0 Å². The molecule has 1 atom stereocenters. The minimum atomic E-state index is -2.99. The van der Waals surface area contributed by atoms with Crippen molar-refractivity contribution in [3.8, 4) is 0 Å². The Morgan fingerprint density at radius 2 is 2.00 bits per heavy atom. The Bertz CT molecular complexity index is 369. The van der Waals surface area contributed by atoms with Crippen molar-refractivity contribution < 1.29 is 17.9 Å². The SMILES string of the molecule is CCOC(=O)C(C)(CN(C)CCS(C)(=O)=O)NC. The summed E-state index contributed by atoms with van der Waals surface area (Å²) in [6, 6.07) is 0. The maximum absolute atomic E-state index is 11.8. The number of sulfone groups is 1. The molecule has 0 saturated heterocycles. The molecule has 6 nitrogen and oxygen atoms in total. The lowest BCUT2D eigenvalue weighted by atomic mass is 10.0. The van der Waals surface area contributed by atoms with Gasteiger partial charge in [0, 0.05) is 19.3 Å². The Kier molecular flexibility index (Phi) is 6.80. The van der Waals surface area contributed by atoms with E-state index in [0.717, 1.165) is 0 Å². The lowest BCUT2D eigenvalue weighted by Crippen LogP contribution is -2.56. The van der Waals surface area contributed by atoms with E-state index in [1.54, 1.807) is 32.8 Å². The van der Waals surface area contributed by atoms with Crippen LogP contribution in [0.15, 0.2) is 0 Å². The first-order valence-electron chi connectivity index (χ1n) is 5.87. The quantitative estimate of drug-likeness (QED) is 0.604. The molecule has 0 aliphatic rings. The van der Waals surface area contributed by atoms with E-state index in [1.807, 2.05) is 0 Å². The second kappa shape index (κ2) is 7.06. The van der Waals surface area contributed by atoms with Gasteiger partial charge in [0.2, 0.25) is 0 Å². The molecule has 1 N–H and O–H groups in total. The molecule has 7 heteroatoms. The molecule has 0 fully saturated rings. The highest BCUT2D eigenvalue weighted by Gasteiger charge is 2.34. The van der Waals surface area contributed by atoms with Crippen LogP contribution in [-0.4, -0.2) is 70.6 Å². The largest absolute Gasteiger partial charge is 0.465 e. The van der Waals surface area contributed by atoms with Gasteiger partial charge in [-0.1, -0.05) is 0 Å². The van der Waals surface area contributed by atoms with E-state index < -0.39 is 15.4 Å².